The Morgan fingerprint density at radius 2 is 2.00 bits per heavy atom. The van der Waals surface area contributed by atoms with Crippen LogP contribution in [0.15, 0.2) is 28.9 Å². The molecule has 1 aromatic carbocycles. The second-order valence-corrected chi connectivity index (χ2v) is 6.18. The zero-order chi connectivity index (χ0) is 14.2. The van der Waals surface area contributed by atoms with E-state index in [9.17, 15) is 0 Å². The second kappa shape index (κ2) is 5.83. The molecule has 3 nitrogen and oxygen atoms in total. The van der Waals surface area contributed by atoms with E-state index in [4.69, 9.17) is 28.9 Å². The number of halogens is 3. The van der Waals surface area contributed by atoms with E-state index in [2.05, 4.69) is 34.9 Å². The van der Waals surface area contributed by atoms with Crippen molar-refractivity contribution in [3.8, 4) is 0 Å². The molecule has 0 aliphatic heterocycles. The van der Waals surface area contributed by atoms with Gasteiger partial charge < -0.3 is 5.73 Å². The molecule has 0 amide bonds. The van der Waals surface area contributed by atoms with Gasteiger partial charge in [0.2, 0.25) is 0 Å². The fourth-order valence-corrected chi connectivity index (χ4v) is 2.91. The summed E-state index contributed by atoms with van der Waals surface area (Å²) in [5, 5.41) is 5.32. The molecule has 0 spiro atoms. The molecule has 2 N–H and O–H groups in total. The van der Waals surface area contributed by atoms with Crippen molar-refractivity contribution >= 4 is 39.1 Å². The Bertz CT molecular complexity index is 596. The maximum atomic E-state index is 6.34. The molecule has 0 aliphatic carbocycles. The van der Waals surface area contributed by atoms with E-state index < -0.39 is 0 Å². The van der Waals surface area contributed by atoms with E-state index in [1.807, 2.05) is 16.8 Å². The molecule has 0 saturated heterocycles. The van der Waals surface area contributed by atoms with Crippen LogP contribution < -0.4 is 5.73 Å². The Morgan fingerprint density at radius 3 is 2.63 bits per heavy atom. The van der Waals surface area contributed by atoms with Crippen molar-refractivity contribution in [1.82, 2.24) is 9.78 Å². The minimum Gasteiger partial charge on any atom is -0.319 e. The highest BCUT2D eigenvalue weighted by atomic mass is 79.9. The van der Waals surface area contributed by atoms with Crippen molar-refractivity contribution in [2.24, 2.45) is 5.73 Å². The molecule has 0 radical (unpaired) electrons. The van der Waals surface area contributed by atoms with E-state index in [0.29, 0.717) is 10.0 Å². The van der Waals surface area contributed by atoms with Gasteiger partial charge in [-0.3, -0.25) is 4.68 Å². The summed E-state index contributed by atoms with van der Waals surface area (Å²) in [5.41, 5.74) is 8.01. The summed E-state index contributed by atoms with van der Waals surface area (Å²) in [6.07, 6.45) is 1.74. The van der Waals surface area contributed by atoms with Gasteiger partial charge in [0, 0.05) is 6.04 Å². The molecule has 0 bridgehead atoms. The summed E-state index contributed by atoms with van der Waals surface area (Å²) in [6, 6.07) is 5.29. The predicted octanol–water partition coefficient (Wildman–Crippen LogP) is 4.58. The monoisotopic (exact) mass is 361 g/mol. The van der Waals surface area contributed by atoms with Gasteiger partial charge in [-0.05, 0) is 41.4 Å². The fraction of sp³-hybridized carbons (Fsp3) is 0.308. The third kappa shape index (κ3) is 2.82. The Kier molecular flexibility index (Phi) is 4.56. The van der Waals surface area contributed by atoms with Crippen molar-refractivity contribution in [3.63, 3.8) is 0 Å². The third-order valence-corrected chi connectivity index (χ3v) is 4.33. The molecule has 2 aromatic rings. The first-order valence-corrected chi connectivity index (χ1v) is 7.40. The van der Waals surface area contributed by atoms with Crippen LogP contribution in [0.3, 0.4) is 0 Å². The van der Waals surface area contributed by atoms with Crippen LogP contribution >= 0.6 is 39.1 Å². The van der Waals surface area contributed by atoms with E-state index in [1.165, 1.54) is 0 Å². The molecular weight excluding hydrogens is 349 g/mol. The highest BCUT2D eigenvalue weighted by molar-refractivity contribution is 9.10. The molecule has 1 aromatic heterocycles. The average Bonchev–Trinajstić information content (AvgIpc) is 2.74. The largest absolute Gasteiger partial charge is 0.319 e. The van der Waals surface area contributed by atoms with Crippen LogP contribution in [0.1, 0.15) is 37.2 Å². The summed E-state index contributed by atoms with van der Waals surface area (Å²) in [5.74, 6) is 0. The number of benzene rings is 1. The Labute approximate surface area is 130 Å². The quantitative estimate of drug-likeness (QED) is 0.868. The number of nitrogens with zero attached hydrogens (tertiary/aromatic N) is 2. The summed E-state index contributed by atoms with van der Waals surface area (Å²) < 4.78 is 2.75. The van der Waals surface area contributed by atoms with Crippen LogP contribution in [0.4, 0.5) is 0 Å². The zero-order valence-electron chi connectivity index (χ0n) is 10.6. The van der Waals surface area contributed by atoms with Gasteiger partial charge in [0.15, 0.2) is 0 Å². The first kappa shape index (κ1) is 14.9. The molecule has 102 valence electrons. The van der Waals surface area contributed by atoms with Gasteiger partial charge in [-0.2, -0.15) is 5.10 Å². The molecule has 2 rings (SSSR count). The SMILES string of the molecule is CC(C)n1ncc(Br)c1C(N)c1cccc(Cl)c1Cl. The van der Waals surface area contributed by atoms with Gasteiger partial charge in [-0.25, -0.2) is 0 Å². The van der Waals surface area contributed by atoms with E-state index >= 15 is 0 Å². The van der Waals surface area contributed by atoms with Gasteiger partial charge in [0.05, 0.1) is 32.5 Å². The molecule has 0 fully saturated rings. The van der Waals surface area contributed by atoms with E-state index in [1.54, 1.807) is 12.3 Å². The molecular formula is C13H14BrCl2N3. The topological polar surface area (TPSA) is 43.8 Å². The Hall–Kier alpha value is -0.550. The molecule has 6 heteroatoms. The predicted molar refractivity (Wildman–Crippen MR) is 82.8 cm³/mol. The minimum absolute atomic E-state index is 0.213. The van der Waals surface area contributed by atoms with Crippen molar-refractivity contribution in [1.29, 1.82) is 0 Å². The van der Waals surface area contributed by atoms with Crippen molar-refractivity contribution in [2.45, 2.75) is 25.9 Å². The van der Waals surface area contributed by atoms with Gasteiger partial charge in [-0.15, -0.1) is 0 Å². The van der Waals surface area contributed by atoms with Crippen LogP contribution in [0, 0.1) is 0 Å². The van der Waals surface area contributed by atoms with Crippen LogP contribution in [0.5, 0.6) is 0 Å². The number of hydrogen-bond acceptors (Lipinski definition) is 2. The van der Waals surface area contributed by atoms with Crippen LogP contribution in [0.25, 0.3) is 0 Å². The average molecular weight is 363 g/mol. The van der Waals surface area contributed by atoms with Crippen LogP contribution in [-0.4, -0.2) is 9.78 Å². The highest BCUT2D eigenvalue weighted by Crippen LogP contribution is 2.35. The molecule has 1 heterocycles. The number of rotatable bonds is 3. The molecule has 0 saturated carbocycles. The van der Waals surface area contributed by atoms with Gasteiger partial charge in [-0.1, -0.05) is 35.3 Å². The standard InChI is InChI=1S/C13H14BrCl2N3/c1-7(2)19-13(9(14)6-18-19)12(17)8-4-3-5-10(15)11(8)16/h3-7,12H,17H2,1-2H3. The number of aromatic nitrogens is 2. The summed E-state index contributed by atoms with van der Waals surface area (Å²) in [4.78, 5) is 0. The number of nitrogens with two attached hydrogens (primary N) is 1. The van der Waals surface area contributed by atoms with Crippen molar-refractivity contribution in [3.05, 3.63) is 50.2 Å². The van der Waals surface area contributed by atoms with Crippen LogP contribution in [-0.2, 0) is 0 Å². The van der Waals surface area contributed by atoms with E-state index in [0.717, 1.165) is 15.7 Å². The van der Waals surface area contributed by atoms with Gasteiger partial charge in [0.1, 0.15) is 0 Å². The lowest BCUT2D eigenvalue weighted by molar-refractivity contribution is 0.498. The summed E-state index contributed by atoms with van der Waals surface area (Å²) in [7, 11) is 0. The van der Waals surface area contributed by atoms with Crippen LogP contribution in [0.2, 0.25) is 10.0 Å². The molecule has 1 atom stereocenters. The minimum atomic E-state index is -0.384. The molecule has 1 unspecified atom stereocenters. The summed E-state index contributed by atoms with van der Waals surface area (Å²) >= 11 is 15.8. The first-order chi connectivity index (χ1) is 8.93. The maximum absolute atomic E-state index is 6.34. The molecule has 19 heavy (non-hydrogen) atoms. The molecule has 0 aliphatic rings. The first-order valence-electron chi connectivity index (χ1n) is 5.86. The third-order valence-electron chi connectivity index (χ3n) is 2.89. The highest BCUT2D eigenvalue weighted by Gasteiger charge is 2.22. The van der Waals surface area contributed by atoms with Crippen molar-refractivity contribution in [2.75, 3.05) is 0 Å². The lowest BCUT2D eigenvalue weighted by Crippen LogP contribution is -2.19. The Balaban J connectivity index is 2.53. The summed E-state index contributed by atoms with van der Waals surface area (Å²) in [6.45, 7) is 4.10. The number of hydrogen-bond donors (Lipinski definition) is 1. The smallest absolute Gasteiger partial charge is 0.0750 e. The zero-order valence-corrected chi connectivity index (χ0v) is 13.7. The maximum Gasteiger partial charge on any atom is 0.0750 e. The Morgan fingerprint density at radius 1 is 1.32 bits per heavy atom. The van der Waals surface area contributed by atoms with Crippen molar-refractivity contribution < 1.29 is 0 Å². The lowest BCUT2D eigenvalue weighted by atomic mass is 10.0. The van der Waals surface area contributed by atoms with Gasteiger partial charge >= 0.3 is 0 Å². The lowest BCUT2D eigenvalue weighted by Gasteiger charge is -2.19. The second-order valence-electron chi connectivity index (χ2n) is 4.54. The van der Waals surface area contributed by atoms with E-state index in [-0.39, 0.29) is 12.1 Å². The fourth-order valence-electron chi connectivity index (χ4n) is 1.96. The normalized spacial score (nSPS) is 13.0. The van der Waals surface area contributed by atoms with Gasteiger partial charge in [0.25, 0.3) is 0 Å².